The van der Waals surface area contributed by atoms with E-state index in [9.17, 15) is 4.89 Å². The third-order valence-electron chi connectivity index (χ3n) is 5.32. The molecular formula is C27H33O2P. The standard InChI is InChI=1S/C27H33O2P/c1-19-17-25(24(27(5,6)7)18-23(19)26(2,3)4)29-30(28)22-15-13-21(14-16-22)20-11-9-8-10-12-20/h8-18,28H,1-7H3. The van der Waals surface area contributed by atoms with Gasteiger partial charge in [-0.3, -0.25) is 0 Å². The summed E-state index contributed by atoms with van der Waals surface area (Å²) in [7, 11) is -1.75. The molecule has 3 aromatic rings. The van der Waals surface area contributed by atoms with Crippen molar-refractivity contribution >= 4 is 13.7 Å². The highest BCUT2D eigenvalue weighted by atomic mass is 31.2. The van der Waals surface area contributed by atoms with Gasteiger partial charge in [0.25, 0.3) is 8.38 Å². The van der Waals surface area contributed by atoms with Gasteiger partial charge in [-0.1, -0.05) is 90.1 Å². The van der Waals surface area contributed by atoms with E-state index in [2.05, 4.69) is 72.7 Å². The summed E-state index contributed by atoms with van der Waals surface area (Å²) >= 11 is 0. The second-order valence-electron chi connectivity index (χ2n) is 9.94. The molecule has 3 heteroatoms. The van der Waals surface area contributed by atoms with Crippen LogP contribution in [0.5, 0.6) is 5.75 Å². The van der Waals surface area contributed by atoms with Crippen molar-refractivity contribution in [3.63, 3.8) is 0 Å². The molecule has 0 bridgehead atoms. The van der Waals surface area contributed by atoms with Crippen molar-refractivity contribution in [3.05, 3.63) is 83.4 Å². The molecule has 158 valence electrons. The van der Waals surface area contributed by atoms with Crippen molar-refractivity contribution in [1.82, 2.24) is 0 Å². The minimum atomic E-state index is -1.75. The van der Waals surface area contributed by atoms with E-state index in [1.165, 1.54) is 11.1 Å². The molecule has 3 rings (SSSR count). The maximum Gasteiger partial charge on any atom is 0.262 e. The van der Waals surface area contributed by atoms with Gasteiger partial charge in [-0.2, -0.15) is 0 Å². The van der Waals surface area contributed by atoms with Gasteiger partial charge in [0.2, 0.25) is 0 Å². The quantitative estimate of drug-likeness (QED) is 0.450. The lowest BCUT2D eigenvalue weighted by Gasteiger charge is -2.29. The summed E-state index contributed by atoms with van der Waals surface area (Å²) in [5.74, 6) is 0.772. The van der Waals surface area contributed by atoms with E-state index in [4.69, 9.17) is 4.52 Å². The molecular weight excluding hydrogens is 387 g/mol. The van der Waals surface area contributed by atoms with E-state index < -0.39 is 8.38 Å². The minimum Gasteiger partial charge on any atom is -0.444 e. The number of aryl methyl sites for hydroxylation is 1. The van der Waals surface area contributed by atoms with Crippen LogP contribution in [-0.4, -0.2) is 4.89 Å². The van der Waals surface area contributed by atoms with Gasteiger partial charge in [-0.05, 0) is 58.2 Å². The maximum atomic E-state index is 10.9. The average Bonchev–Trinajstić information content (AvgIpc) is 2.67. The lowest BCUT2D eigenvalue weighted by Crippen LogP contribution is -2.19. The van der Waals surface area contributed by atoms with Crippen molar-refractivity contribution in [2.75, 3.05) is 0 Å². The monoisotopic (exact) mass is 420 g/mol. The molecule has 30 heavy (non-hydrogen) atoms. The third-order valence-corrected chi connectivity index (χ3v) is 6.43. The molecule has 0 saturated carbocycles. The van der Waals surface area contributed by atoms with Crippen LogP contribution in [0.1, 0.15) is 58.2 Å². The molecule has 0 amide bonds. The van der Waals surface area contributed by atoms with Gasteiger partial charge in [0, 0.05) is 10.9 Å². The predicted molar refractivity (Wildman–Crippen MR) is 130 cm³/mol. The molecule has 2 nitrogen and oxygen atoms in total. The molecule has 0 fully saturated rings. The first-order valence-electron chi connectivity index (χ1n) is 10.4. The summed E-state index contributed by atoms with van der Waals surface area (Å²) in [5.41, 5.74) is 5.89. The van der Waals surface area contributed by atoms with Gasteiger partial charge < -0.3 is 9.42 Å². The first-order valence-corrected chi connectivity index (χ1v) is 11.7. The fourth-order valence-corrected chi connectivity index (χ4v) is 4.56. The van der Waals surface area contributed by atoms with Crippen LogP contribution in [0.2, 0.25) is 0 Å². The van der Waals surface area contributed by atoms with Gasteiger partial charge in [0.1, 0.15) is 5.75 Å². The minimum absolute atomic E-state index is 0.0554. The SMILES string of the molecule is Cc1cc(OP(O)c2ccc(-c3ccccc3)cc2)c(C(C)(C)C)cc1C(C)(C)C. The molecule has 0 spiro atoms. The smallest absolute Gasteiger partial charge is 0.262 e. The Morgan fingerprint density at radius 3 is 1.77 bits per heavy atom. The zero-order valence-corrected chi connectivity index (χ0v) is 20.0. The second kappa shape index (κ2) is 8.53. The molecule has 0 aliphatic carbocycles. The highest BCUT2D eigenvalue weighted by molar-refractivity contribution is 7.55. The molecule has 0 aromatic heterocycles. The van der Waals surface area contributed by atoms with Crippen molar-refractivity contribution < 1.29 is 9.42 Å². The van der Waals surface area contributed by atoms with Crippen LogP contribution < -0.4 is 9.83 Å². The molecule has 0 saturated heterocycles. The van der Waals surface area contributed by atoms with Crippen LogP contribution in [0.3, 0.4) is 0 Å². The van der Waals surface area contributed by atoms with Crippen LogP contribution in [0, 0.1) is 6.92 Å². The molecule has 1 unspecified atom stereocenters. The van der Waals surface area contributed by atoms with E-state index in [0.717, 1.165) is 27.7 Å². The maximum absolute atomic E-state index is 10.9. The topological polar surface area (TPSA) is 29.5 Å². The molecule has 0 heterocycles. The Kier molecular flexibility index (Phi) is 6.41. The molecule has 0 aliphatic heterocycles. The molecule has 1 N–H and O–H groups in total. The Hall–Kier alpha value is -2.15. The summed E-state index contributed by atoms with van der Waals surface area (Å²) in [4.78, 5) is 10.9. The average molecular weight is 421 g/mol. The van der Waals surface area contributed by atoms with Gasteiger partial charge in [0.05, 0.1) is 0 Å². The van der Waals surface area contributed by atoms with Gasteiger partial charge in [0.15, 0.2) is 0 Å². The van der Waals surface area contributed by atoms with Crippen LogP contribution in [-0.2, 0) is 10.8 Å². The first-order chi connectivity index (χ1) is 14.0. The largest absolute Gasteiger partial charge is 0.444 e. The Bertz CT molecular complexity index is 994. The molecule has 0 radical (unpaired) electrons. The van der Waals surface area contributed by atoms with Crippen molar-refractivity contribution in [2.24, 2.45) is 0 Å². The molecule has 1 atom stereocenters. The summed E-state index contributed by atoms with van der Waals surface area (Å²) in [5, 5.41) is 0.807. The number of rotatable bonds is 4. The Morgan fingerprint density at radius 2 is 1.23 bits per heavy atom. The van der Waals surface area contributed by atoms with Gasteiger partial charge in [-0.25, -0.2) is 0 Å². The third kappa shape index (κ3) is 5.12. The van der Waals surface area contributed by atoms with Crippen LogP contribution in [0.4, 0.5) is 0 Å². The predicted octanol–water partition coefficient (Wildman–Crippen LogP) is 7.27. The van der Waals surface area contributed by atoms with E-state index in [1.54, 1.807) is 0 Å². The van der Waals surface area contributed by atoms with Crippen LogP contribution in [0.25, 0.3) is 11.1 Å². The number of hydrogen-bond acceptors (Lipinski definition) is 2. The normalized spacial score (nSPS) is 13.2. The van der Waals surface area contributed by atoms with Gasteiger partial charge >= 0.3 is 0 Å². The molecule has 3 aromatic carbocycles. The summed E-state index contributed by atoms with van der Waals surface area (Å²) in [6, 6.07) is 22.6. The lowest BCUT2D eigenvalue weighted by molar-refractivity contribution is 0.476. The van der Waals surface area contributed by atoms with Crippen LogP contribution >= 0.6 is 8.38 Å². The fourth-order valence-electron chi connectivity index (χ4n) is 3.71. The van der Waals surface area contributed by atoms with Gasteiger partial charge in [-0.15, -0.1) is 0 Å². The van der Waals surface area contributed by atoms with E-state index in [0.29, 0.717) is 0 Å². The van der Waals surface area contributed by atoms with Crippen molar-refractivity contribution in [1.29, 1.82) is 0 Å². The Labute approximate surface area is 182 Å². The van der Waals surface area contributed by atoms with E-state index >= 15 is 0 Å². The summed E-state index contributed by atoms with van der Waals surface area (Å²) < 4.78 is 6.17. The first kappa shape index (κ1) is 22.5. The summed E-state index contributed by atoms with van der Waals surface area (Å²) in [6.07, 6.45) is 0. The Morgan fingerprint density at radius 1 is 0.700 bits per heavy atom. The van der Waals surface area contributed by atoms with Crippen molar-refractivity contribution in [3.8, 4) is 16.9 Å². The lowest BCUT2D eigenvalue weighted by atomic mass is 9.78. The van der Waals surface area contributed by atoms with E-state index in [1.807, 2.05) is 42.5 Å². The highest BCUT2D eigenvalue weighted by Gasteiger charge is 2.26. The van der Waals surface area contributed by atoms with Crippen LogP contribution in [0.15, 0.2) is 66.7 Å². The number of benzene rings is 3. The number of hydrogen-bond donors (Lipinski definition) is 1. The zero-order chi connectivity index (χ0) is 22.1. The molecule has 0 aliphatic rings. The Balaban J connectivity index is 1.91. The van der Waals surface area contributed by atoms with E-state index in [-0.39, 0.29) is 10.8 Å². The summed E-state index contributed by atoms with van der Waals surface area (Å²) in [6.45, 7) is 15.4. The highest BCUT2D eigenvalue weighted by Crippen LogP contribution is 2.42. The zero-order valence-electron chi connectivity index (χ0n) is 19.2. The fraction of sp³-hybridized carbons (Fsp3) is 0.333. The second-order valence-corrected chi connectivity index (χ2v) is 11.2. The van der Waals surface area contributed by atoms with Crippen molar-refractivity contribution in [2.45, 2.75) is 59.3 Å².